The van der Waals surface area contributed by atoms with Crippen LogP contribution in [0.25, 0.3) is 10.8 Å². The van der Waals surface area contributed by atoms with Gasteiger partial charge in [0.15, 0.2) is 6.04 Å². The number of amides is 2. The lowest BCUT2D eigenvalue weighted by Gasteiger charge is -2.35. The van der Waals surface area contributed by atoms with Crippen molar-refractivity contribution in [1.82, 2.24) is 10.0 Å². The van der Waals surface area contributed by atoms with Gasteiger partial charge < -0.3 is 5.11 Å². The van der Waals surface area contributed by atoms with Crippen LogP contribution in [0.1, 0.15) is 35.2 Å². The minimum Gasteiger partial charge on any atom is -0.480 e. The van der Waals surface area contributed by atoms with Crippen LogP contribution in [0.5, 0.6) is 0 Å². The van der Waals surface area contributed by atoms with E-state index in [9.17, 15) is 19.5 Å². The van der Waals surface area contributed by atoms with Gasteiger partial charge in [0, 0.05) is 24.4 Å². The molecular weight excluding hydrogens is 380 g/mol. The van der Waals surface area contributed by atoms with Gasteiger partial charge in [0.1, 0.15) is 0 Å². The smallest absolute Gasteiger partial charge is 0.329 e. The molecule has 6 nitrogen and oxygen atoms in total. The van der Waals surface area contributed by atoms with Crippen LogP contribution in [0, 0.1) is 0 Å². The number of hydrogen-bond donors (Lipinski definition) is 1. The van der Waals surface area contributed by atoms with Crippen molar-refractivity contribution in [2.75, 3.05) is 6.54 Å². The summed E-state index contributed by atoms with van der Waals surface area (Å²) in [6.45, 7) is 1.92. The monoisotopic (exact) mass is 402 g/mol. The Morgan fingerprint density at radius 1 is 1.00 bits per heavy atom. The van der Waals surface area contributed by atoms with E-state index in [0.717, 1.165) is 21.3 Å². The van der Waals surface area contributed by atoms with Crippen molar-refractivity contribution in [3.63, 3.8) is 0 Å². The van der Waals surface area contributed by atoms with Crippen molar-refractivity contribution < 1.29 is 19.5 Å². The number of aliphatic carboxylic acids is 1. The molecule has 0 radical (unpaired) electrons. The number of carboxylic acid groups (broad SMARTS) is 1. The molecule has 0 unspecified atom stereocenters. The maximum absolute atomic E-state index is 13.1. The number of nitrogens with zero attached hydrogens (tertiary/aromatic N) is 2. The Labute approximate surface area is 174 Å². The van der Waals surface area contributed by atoms with Crippen molar-refractivity contribution in [2.24, 2.45) is 0 Å². The third-order valence-corrected chi connectivity index (χ3v) is 5.59. The largest absolute Gasteiger partial charge is 0.480 e. The quantitative estimate of drug-likeness (QED) is 0.706. The van der Waals surface area contributed by atoms with E-state index < -0.39 is 23.8 Å². The van der Waals surface area contributed by atoms with E-state index in [4.69, 9.17) is 0 Å². The lowest BCUT2D eigenvalue weighted by Crippen LogP contribution is -2.54. The highest BCUT2D eigenvalue weighted by Crippen LogP contribution is 2.39. The van der Waals surface area contributed by atoms with Gasteiger partial charge in [-0.1, -0.05) is 60.7 Å². The van der Waals surface area contributed by atoms with Crippen LogP contribution in [0.3, 0.4) is 0 Å². The molecule has 0 aromatic heterocycles. The fourth-order valence-electron chi connectivity index (χ4n) is 4.26. The second-order valence-electron chi connectivity index (χ2n) is 7.29. The molecule has 1 fully saturated rings. The minimum atomic E-state index is -1.16. The first-order valence-corrected chi connectivity index (χ1v) is 9.92. The van der Waals surface area contributed by atoms with Crippen LogP contribution < -0.4 is 0 Å². The van der Waals surface area contributed by atoms with Crippen LogP contribution in [-0.2, 0) is 9.59 Å². The van der Waals surface area contributed by atoms with Crippen molar-refractivity contribution in [1.29, 1.82) is 0 Å². The molecule has 6 heteroatoms. The topological polar surface area (TPSA) is 77.9 Å². The average molecular weight is 402 g/mol. The Morgan fingerprint density at radius 2 is 1.67 bits per heavy atom. The van der Waals surface area contributed by atoms with Gasteiger partial charge >= 0.3 is 5.97 Å². The Hall–Kier alpha value is -3.67. The molecule has 0 saturated carbocycles. The summed E-state index contributed by atoms with van der Waals surface area (Å²) >= 11 is 0. The standard InChI is InChI=1S/C24H22N2O4/c1-2-25(23(28)17-10-4-3-5-11-17)26-21(27)15-20(22(26)24(29)30)19-14-8-12-16-9-6-7-13-18(16)19/h3-14,20,22H,2,15H2,1H3,(H,29,30)/t20-,22+/m0/s1. The molecule has 1 N–H and O–H groups in total. The zero-order chi connectivity index (χ0) is 21.3. The summed E-state index contributed by atoms with van der Waals surface area (Å²) < 4.78 is 0. The second-order valence-corrected chi connectivity index (χ2v) is 7.29. The Bertz CT molecular complexity index is 1110. The number of carbonyl (C=O) groups excluding carboxylic acids is 2. The van der Waals surface area contributed by atoms with Gasteiger partial charge in [-0.2, -0.15) is 0 Å². The normalized spacial score (nSPS) is 18.6. The zero-order valence-corrected chi connectivity index (χ0v) is 16.6. The molecule has 1 aliphatic rings. The first-order chi connectivity index (χ1) is 14.5. The summed E-state index contributed by atoms with van der Waals surface area (Å²) in [5, 5.41) is 14.4. The summed E-state index contributed by atoms with van der Waals surface area (Å²) in [5.41, 5.74) is 1.21. The summed E-state index contributed by atoms with van der Waals surface area (Å²) in [7, 11) is 0. The van der Waals surface area contributed by atoms with Gasteiger partial charge in [-0.15, -0.1) is 0 Å². The lowest BCUT2D eigenvalue weighted by molar-refractivity contribution is -0.157. The number of fused-ring (bicyclic) bond motifs is 1. The van der Waals surface area contributed by atoms with Crippen molar-refractivity contribution >= 4 is 28.6 Å². The molecule has 3 aromatic carbocycles. The Balaban J connectivity index is 1.77. The summed E-state index contributed by atoms with van der Waals surface area (Å²) in [6.07, 6.45) is 0.0313. The van der Waals surface area contributed by atoms with Crippen LogP contribution in [0.2, 0.25) is 0 Å². The molecule has 0 aliphatic carbocycles. The molecule has 4 rings (SSSR count). The van der Waals surface area contributed by atoms with Gasteiger partial charge in [-0.3, -0.25) is 9.59 Å². The predicted molar refractivity (Wildman–Crippen MR) is 113 cm³/mol. The predicted octanol–water partition coefficient (Wildman–Crippen LogP) is 3.69. The Morgan fingerprint density at radius 3 is 2.37 bits per heavy atom. The number of hydrogen-bond acceptors (Lipinski definition) is 3. The van der Waals surface area contributed by atoms with Gasteiger partial charge in [0.2, 0.25) is 5.91 Å². The fraction of sp³-hybridized carbons (Fsp3) is 0.208. The molecule has 152 valence electrons. The number of carboxylic acids is 1. The molecule has 2 amide bonds. The van der Waals surface area contributed by atoms with Gasteiger partial charge in [-0.25, -0.2) is 14.8 Å². The van der Waals surface area contributed by atoms with Crippen molar-refractivity contribution in [3.05, 3.63) is 83.9 Å². The number of benzene rings is 3. The summed E-state index contributed by atoms with van der Waals surface area (Å²) in [4.78, 5) is 38.4. The van der Waals surface area contributed by atoms with Crippen molar-refractivity contribution in [2.45, 2.75) is 25.3 Å². The molecule has 1 heterocycles. The highest BCUT2D eigenvalue weighted by molar-refractivity contribution is 5.98. The van der Waals surface area contributed by atoms with Gasteiger partial charge in [0.05, 0.1) is 0 Å². The third-order valence-electron chi connectivity index (χ3n) is 5.59. The molecule has 2 atom stereocenters. The van der Waals surface area contributed by atoms with Crippen molar-refractivity contribution in [3.8, 4) is 0 Å². The van der Waals surface area contributed by atoms with Gasteiger partial charge in [-0.05, 0) is 35.4 Å². The summed E-state index contributed by atoms with van der Waals surface area (Å²) in [5.74, 6) is -2.44. The SMILES string of the molecule is CCN(C(=O)c1ccccc1)N1C(=O)C[C@@H](c2cccc3ccccc23)[C@@H]1C(=O)O. The molecule has 3 aromatic rings. The van der Waals surface area contributed by atoms with E-state index in [2.05, 4.69) is 0 Å². The van der Waals surface area contributed by atoms with E-state index in [1.54, 1.807) is 37.3 Å². The minimum absolute atomic E-state index is 0.0313. The lowest BCUT2D eigenvalue weighted by atomic mass is 9.88. The maximum atomic E-state index is 13.1. The third kappa shape index (κ3) is 3.30. The molecule has 1 saturated heterocycles. The van der Waals surface area contributed by atoms with Crippen LogP contribution >= 0.6 is 0 Å². The molecule has 1 aliphatic heterocycles. The van der Waals surface area contributed by atoms with E-state index in [-0.39, 0.29) is 18.9 Å². The molecular formula is C24H22N2O4. The van der Waals surface area contributed by atoms with Crippen LogP contribution in [0.4, 0.5) is 0 Å². The van der Waals surface area contributed by atoms with E-state index in [1.807, 2.05) is 42.5 Å². The first-order valence-electron chi connectivity index (χ1n) is 9.92. The van der Waals surface area contributed by atoms with Gasteiger partial charge in [0.25, 0.3) is 5.91 Å². The maximum Gasteiger partial charge on any atom is 0.329 e. The second kappa shape index (κ2) is 7.99. The van der Waals surface area contributed by atoms with E-state index in [1.165, 1.54) is 5.01 Å². The van der Waals surface area contributed by atoms with E-state index >= 15 is 0 Å². The van der Waals surface area contributed by atoms with Crippen LogP contribution in [0.15, 0.2) is 72.8 Å². The zero-order valence-electron chi connectivity index (χ0n) is 16.6. The number of rotatable bonds is 5. The molecule has 30 heavy (non-hydrogen) atoms. The molecule has 0 spiro atoms. The average Bonchev–Trinajstić information content (AvgIpc) is 3.11. The number of hydrazine groups is 1. The highest BCUT2D eigenvalue weighted by atomic mass is 16.4. The molecule has 0 bridgehead atoms. The van der Waals surface area contributed by atoms with Crippen LogP contribution in [-0.4, -0.2) is 45.5 Å². The first kappa shape index (κ1) is 19.6. The fourth-order valence-corrected chi connectivity index (χ4v) is 4.26. The number of carbonyl (C=O) groups is 3. The Kier molecular flexibility index (Phi) is 5.23. The summed E-state index contributed by atoms with van der Waals surface area (Å²) in [6, 6.07) is 20.8. The highest BCUT2D eigenvalue weighted by Gasteiger charge is 2.49. The van der Waals surface area contributed by atoms with E-state index in [0.29, 0.717) is 5.56 Å².